The molecule has 0 spiro atoms. The van der Waals surface area contributed by atoms with Crippen molar-refractivity contribution < 1.29 is 0 Å². The van der Waals surface area contributed by atoms with Gasteiger partial charge in [-0.2, -0.15) is 5.10 Å². The summed E-state index contributed by atoms with van der Waals surface area (Å²) in [6.07, 6.45) is 5.70. The quantitative estimate of drug-likeness (QED) is 0.321. The van der Waals surface area contributed by atoms with Gasteiger partial charge in [-0.3, -0.25) is 9.56 Å². The highest BCUT2D eigenvalue weighted by atomic mass is 16.2. The maximum Gasteiger partial charge on any atom is 0.345 e. The summed E-state index contributed by atoms with van der Waals surface area (Å²) in [6.45, 7) is 5.45. The molecule has 4 rings (SSSR count). The minimum absolute atomic E-state index is 0.0137. The summed E-state index contributed by atoms with van der Waals surface area (Å²) in [5, 5.41) is 7.84. The Morgan fingerprint density at radius 3 is 2.91 bits per heavy atom. The predicted octanol–water partition coefficient (Wildman–Crippen LogP) is 2.26. The number of guanidine groups is 1. The van der Waals surface area contributed by atoms with E-state index in [1.807, 2.05) is 36.0 Å². The van der Waals surface area contributed by atoms with Crippen molar-refractivity contribution >= 4 is 5.96 Å². The zero-order chi connectivity index (χ0) is 22.3. The molecule has 2 N–H and O–H groups in total. The highest BCUT2D eigenvalue weighted by Gasteiger charge is 2.16. The Labute approximate surface area is 188 Å². The second kappa shape index (κ2) is 10.3. The van der Waals surface area contributed by atoms with Gasteiger partial charge in [0, 0.05) is 39.6 Å². The number of benzene rings is 1. The van der Waals surface area contributed by atoms with E-state index in [2.05, 4.69) is 44.3 Å². The summed E-state index contributed by atoms with van der Waals surface area (Å²) in [6, 6.07) is 10.2. The van der Waals surface area contributed by atoms with Gasteiger partial charge in [0.25, 0.3) is 0 Å². The Bertz CT molecular complexity index is 1090. The first-order valence-electron chi connectivity index (χ1n) is 11.4. The average Bonchev–Trinajstić information content (AvgIpc) is 3.41. The lowest BCUT2D eigenvalue weighted by atomic mass is 10.2. The molecule has 1 aliphatic heterocycles. The number of H-pyrrole nitrogens is 1. The molecule has 0 aliphatic carbocycles. The fraction of sp³-hybridized carbons (Fsp3) is 0.478. The Balaban J connectivity index is 1.34. The monoisotopic (exact) mass is 436 g/mol. The molecular formula is C23H32N8O. The van der Waals surface area contributed by atoms with Gasteiger partial charge in [-0.25, -0.2) is 14.5 Å². The van der Waals surface area contributed by atoms with Crippen molar-refractivity contribution in [1.29, 1.82) is 0 Å². The number of hydrogen-bond acceptors (Lipinski definition) is 4. The van der Waals surface area contributed by atoms with Crippen LogP contribution >= 0.6 is 0 Å². The summed E-state index contributed by atoms with van der Waals surface area (Å²) < 4.78 is 3.42. The maximum atomic E-state index is 12.5. The van der Waals surface area contributed by atoms with Gasteiger partial charge in [0.1, 0.15) is 11.6 Å². The third kappa shape index (κ3) is 5.09. The molecule has 1 aliphatic rings. The lowest BCUT2D eigenvalue weighted by Gasteiger charge is -2.21. The smallest absolute Gasteiger partial charge is 0.345 e. The van der Waals surface area contributed by atoms with E-state index in [9.17, 15) is 4.79 Å². The Hall–Kier alpha value is -3.36. The molecule has 32 heavy (non-hydrogen) atoms. The maximum absolute atomic E-state index is 12.5. The number of aryl methyl sites for hydroxylation is 2. The van der Waals surface area contributed by atoms with Gasteiger partial charge >= 0.3 is 5.69 Å². The van der Waals surface area contributed by atoms with Crippen LogP contribution in [0.1, 0.15) is 37.8 Å². The minimum atomic E-state index is 0.0137. The molecule has 2 aromatic heterocycles. The summed E-state index contributed by atoms with van der Waals surface area (Å²) in [5.41, 5.74) is 2.13. The lowest BCUT2D eigenvalue weighted by Crippen LogP contribution is -2.38. The van der Waals surface area contributed by atoms with E-state index in [4.69, 9.17) is 4.99 Å². The molecule has 9 heteroatoms. The van der Waals surface area contributed by atoms with Crippen LogP contribution in [0.5, 0.6) is 0 Å². The normalized spacial score (nSPS) is 13.8. The number of nitrogens with zero attached hydrogens (tertiary/aromatic N) is 6. The molecular weight excluding hydrogens is 404 g/mol. The number of fused-ring (bicyclic) bond motifs is 1. The van der Waals surface area contributed by atoms with Crippen LogP contribution in [-0.4, -0.2) is 55.3 Å². The van der Waals surface area contributed by atoms with Crippen molar-refractivity contribution in [3.05, 3.63) is 58.7 Å². The summed E-state index contributed by atoms with van der Waals surface area (Å²) >= 11 is 0. The number of aromatic nitrogens is 5. The molecule has 9 nitrogen and oxygen atoms in total. The van der Waals surface area contributed by atoms with Crippen molar-refractivity contribution in [2.75, 3.05) is 20.1 Å². The van der Waals surface area contributed by atoms with Crippen LogP contribution in [0.3, 0.4) is 0 Å². The van der Waals surface area contributed by atoms with Gasteiger partial charge < -0.3 is 15.2 Å². The predicted molar refractivity (Wildman–Crippen MR) is 126 cm³/mol. The van der Waals surface area contributed by atoms with Gasteiger partial charge in [-0.05, 0) is 31.7 Å². The third-order valence-electron chi connectivity index (χ3n) is 5.62. The molecule has 0 unspecified atom stereocenters. The van der Waals surface area contributed by atoms with E-state index in [1.165, 1.54) is 0 Å². The summed E-state index contributed by atoms with van der Waals surface area (Å²) in [7, 11) is 2.00. The number of aromatic amines is 1. The highest BCUT2D eigenvalue weighted by Crippen LogP contribution is 2.16. The topological polar surface area (TPSA) is 96.1 Å². The molecule has 3 heterocycles. The van der Waals surface area contributed by atoms with Gasteiger partial charge in [-0.1, -0.05) is 30.3 Å². The van der Waals surface area contributed by atoms with Crippen LogP contribution in [0.15, 0.2) is 46.3 Å². The number of hydrogen-bond donors (Lipinski definition) is 2. The molecule has 1 aromatic carbocycles. The molecule has 0 radical (unpaired) electrons. The molecule has 0 saturated heterocycles. The van der Waals surface area contributed by atoms with Crippen molar-refractivity contribution in [2.24, 2.45) is 4.99 Å². The number of aliphatic imine (C=N–C) groups is 1. The van der Waals surface area contributed by atoms with Crippen molar-refractivity contribution in [3.63, 3.8) is 0 Å². The van der Waals surface area contributed by atoms with Crippen molar-refractivity contribution in [3.8, 4) is 11.3 Å². The first kappa shape index (κ1) is 21.9. The molecule has 0 bridgehead atoms. The van der Waals surface area contributed by atoms with Crippen LogP contribution in [0, 0.1) is 0 Å². The van der Waals surface area contributed by atoms with E-state index >= 15 is 0 Å². The van der Waals surface area contributed by atoms with E-state index in [0.717, 1.165) is 67.6 Å². The van der Waals surface area contributed by atoms with Crippen LogP contribution in [-0.2, 0) is 26.1 Å². The molecule has 0 saturated carbocycles. The van der Waals surface area contributed by atoms with E-state index in [-0.39, 0.29) is 5.69 Å². The van der Waals surface area contributed by atoms with Gasteiger partial charge in [0.15, 0.2) is 5.96 Å². The first-order valence-corrected chi connectivity index (χ1v) is 11.4. The summed E-state index contributed by atoms with van der Waals surface area (Å²) in [5.74, 6) is 2.62. The zero-order valence-electron chi connectivity index (χ0n) is 18.9. The number of rotatable bonds is 8. The number of imidazole rings is 1. The average molecular weight is 437 g/mol. The second-order valence-corrected chi connectivity index (χ2v) is 8.09. The van der Waals surface area contributed by atoms with Crippen LogP contribution < -0.4 is 11.0 Å². The SMILES string of the molecule is CCNC(=NCCCn1nc2n(c1=O)CCCC2)N(C)Cc1ncc(-c2ccccc2)[nH]1. The molecule has 0 atom stereocenters. The standard InChI is InChI=1S/C23H32N8O/c1-3-24-22(25-13-9-15-31-23(32)30-14-8-7-12-21(30)28-31)29(2)17-20-26-16-19(27-20)18-10-5-4-6-11-18/h4-6,10-11,16H,3,7-9,12-15,17H2,1-2H3,(H,24,25)(H,26,27). The Kier molecular flexibility index (Phi) is 7.03. The first-order chi connectivity index (χ1) is 15.7. The van der Waals surface area contributed by atoms with Crippen molar-refractivity contribution in [2.45, 2.75) is 52.2 Å². The zero-order valence-corrected chi connectivity index (χ0v) is 18.9. The largest absolute Gasteiger partial charge is 0.357 e. The number of nitrogens with one attached hydrogen (secondary N) is 2. The van der Waals surface area contributed by atoms with Crippen LogP contribution in [0.2, 0.25) is 0 Å². The van der Waals surface area contributed by atoms with E-state index in [0.29, 0.717) is 19.6 Å². The van der Waals surface area contributed by atoms with E-state index in [1.54, 1.807) is 4.68 Å². The molecule has 170 valence electrons. The fourth-order valence-electron chi connectivity index (χ4n) is 3.98. The molecule has 0 fully saturated rings. The molecule has 0 amide bonds. The van der Waals surface area contributed by atoms with E-state index < -0.39 is 0 Å². The Morgan fingerprint density at radius 2 is 2.12 bits per heavy atom. The Morgan fingerprint density at radius 1 is 1.28 bits per heavy atom. The van der Waals surface area contributed by atoms with Crippen molar-refractivity contribution in [1.82, 2.24) is 34.5 Å². The third-order valence-corrected chi connectivity index (χ3v) is 5.62. The molecule has 3 aromatic rings. The highest BCUT2D eigenvalue weighted by molar-refractivity contribution is 5.79. The fourth-order valence-corrected chi connectivity index (χ4v) is 3.98. The van der Waals surface area contributed by atoms with Crippen LogP contribution in [0.4, 0.5) is 0 Å². The minimum Gasteiger partial charge on any atom is -0.357 e. The van der Waals surface area contributed by atoms with Gasteiger partial charge in [0.2, 0.25) is 0 Å². The summed E-state index contributed by atoms with van der Waals surface area (Å²) in [4.78, 5) is 27.2. The lowest BCUT2D eigenvalue weighted by molar-refractivity contribution is 0.462. The van der Waals surface area contributed by atoms with Gasteiger partial charge in [-0.15, -0.1) is 0 Å². The van der Waals surface area contributed by atoms with Gasteiger partial charge in [0.05, 0.1) is 18.4 Å². The second-order valence-electron chi connectivity index (χ2n) is 8.09. The van der Waals surface area contributed by atoms with Crippen LogP contribution in [0.25, 0.3) is 11.3 Å².